The van der Waals surface area contributed by atoms with Gasteiger partial charge in [-0.3, -0.25) is 0 Å². The standard InChI is InChI=1S/C17H18/c1-12-6-5-7-16(10-12)15(4)17-9-8-13(2)14(3)11-17/h5-11H,4H2,1-3H3. The van der Waals surface area contributed by atoms with E-state index in [1.807, 2.05) is 0 Å². The molecule has 0 N–H and O–H groups in total. The third-order valence-electron chi connectivity index (χ3n) is 3.22. The second kappa shape index (κ2) is 4.58. The van der Waals surface area contributed by atoms with Gasteiger partial charge in [0, 0.05) is 0 Å². The fourth-order valence-corrected chi connectivity index (χ4v) is 1.93. The smallest absolute Gasteiger partial charge is 0.0181 e. The van der Waals surface area contributed by atoms with E-state index in [0.717, 1.165) is 5.57 Å². The van der Waals surface area contributed by atoms with Gasteiger partial charge in [-0.1, -0.05) is 54.6 Å². The van der Waals surface area contributed by atoms with Gasteiger partial charge in [0.1, 0.15) is 0 Å². The van der Waals surface area contributed by atoms with Crippen molar-refractivity contribution in [3.05, 3.63) is 76.9 Å². The molecule has 0 heterocycles. The Morgan fingerprint density at radius 1 is 0.824 bits per heavy atom. The number of benzene rings is 2. The van der Waals surface area contributed by atoms with E-state index in [-0.39, 0.29) is 0 Å². The lowest BCUT2D eigenvalue weighted by Gasteiger charge is -2.09. The first-order valence-corrected chi connectivity index (χ1v) is 5.91. The van der Waals surface area contributed by atoms with Crippen LogP contribution in [-0.2, 0) is 0 Å². The minimum atomic E-state index is 1.09. The molecule has 0 atom stereocenters. The summed E-state index contributed by atoms with van der Waals surface area (Å²) in [6.07, 6.45) is 0. The normalized spacial score (nSPS) is 10.3. The summed E-state index contributed by atoms with van der Waals surface area (Å²) in [5, 5.41) is 0. The van der Waals surface area contributed by atoms with Crippen molar-refractivity contribution in [1.29, 1.82) is 0 Å². The predicted octanol–water partition coefficient (Wildman–Crippen LogP) is 4.67. The third-order valence-corrected chi connectivity index (χ3v) is 3.22. The average molecular weight is 222 g/mol. The monoisotopic (exact) mass is 222 g/mol. The van der Waals surface area contributed by atoms with Crippen LogP contribution in [0, 0.1) is 20.8 Å². The summed E-state index contributed by atoms with van der Waals surface area (Å²) in [4.78, 5) is 0. The molecule has 0 bridgehead atoms. The molecule has 0 radical (unpaired) electrons. The molecule has 0 aliphatic carbocycles. The second-order valence-corrected chi connectivity index (χ2v) is 4.65. The number of hydrogen-bond donors (Lipinski definition) is 0. The maximum Gasteiger partial charge on any atom is -0.0181 e. The van der Waals surface area contributed by atoms with E-state index in [0.29, 0.717) is 0 Å². The highest BCUT2D eigenvalue weighted by atomic mass is 14.1. The van der Waals surface area contributed by atoms with E-state index in [4.69, 9.17) is 0 Å². The third kappa shape index (κ3) is 2.47. The zero-order valence-corrected chi connectivity index (χ0v) is 10.7. The van der Waals surface area contributed by atoms with Crippen molar-refractivity contribution in [1.82, 2.24) is 0 Å². The van der Waals surface area contributed by atoms with Crippen LogP contribution in [0.3, 0.4) is 0 Å². The summed E-state index contributed by atoms with van der Waals surface area (Å²) in [5.74, 6) is 0. The van der Waals surface area contributed by atoms with Crippen molar-refractivity contribution in [3.8, 4) is 0 Å². The molecule has 0 aromatic heterocycles. The Labute approximate surface area is 104 Å². The Kier molecular flexibility index (Phi) is 3.14. The minimum absolute atomic E-state index is 1.09. The molecule has 0 aliphatic rings. The number of aryl methyl sites for hydroxylation is 3. The van der Waals surface area contributed by atoms with Crippen LogP contribution in [-0.4, -0.2) is 0 Å². The largest absolute Gasteiger partial charge is 0.0906 e. The summed E-state index contributed by atoms with van der Waals surface area (Å²) in [7, 11) is 0. The van der Waals surface area contributed by atoms with Crippen LogP contribution in [0.1, 0.15) is 27.8 Å². The maximum absolute atomic E-state index is 4.21. The molecule has 0 amide bonds. The van der Waals surface area contributed by atoms with Gasteiger partial charge in [0.25, 0.3) is 0 Å². The lowest BCUT2D eigenvalue weighted by molar-refractivity contribution is 1.33. The van der Waals surface area contributed by atoms with Crippen molar-refractivity contribution in [2.24, 2.45) is 0 Å². The quantitative estimate of drug-likeness (QED) is 0.692. The number of rotatable bonds is 2. The van der Waals surface area contributed by atoms with E-state index in [2.05, 4.69) is 69.8 Å². The first kappa shape index (κ1) is 11.7. The van der Waals surface area contributed by atoms with E-state index in [1.165, 1.54) is 27.8 Å². The van der Waals surface area contributed by atoms with Gasteiger partial charge in [-0.25, -0.2) is 0 Å². The van der Waals surface area contributed by atoms with Crippen LogP contribution in [0.15, 0.2) is 49.0 Å². The van der Waals surface area contributed by atoms with Gasteiger partial charge in [-0.15, -0.1) is 0 Å². The van der Waals surface area contributed by atoms with Gasteiger partial charge in [0.2, 0.25) is 0 Å². The predicted molar refractivity (Wildman–Crippen MR) is 75.2 cm³/mol. The fourth-order valence-electron chi connectivity index (χ4n) is 1.93. The molecule has 0 spiro atoms. The summed E-state index contributed by atoms with van der Waals surface area (Å²) in [5.41, 5.74) is 7.42. The Balaban J connectivity index is 2.40. The molecule has 0 unspecified atom stereocenters. The Bertz CT molecular complexity index is 562. The molecule has 2 rings (SSSR count). The van der Waals surface area contributed by atoms with Crippen molar-refractivity contribution >= 4 is 5.57 Å². The van der Waals surface area contributed by atoms with Crippen molar-refractivity contribution in [3.63, 3.8) is 0 Å². The van der Waals surface area contributed by atoms with Gasteiger partial charge in [0.05, 0.1) is 0 Å². The van der Waals surface area contributed by atoms with E-state index < -0.39 is 0 Å². The van der Waals surface area contributed by atoms with Crippen molar-refractivity contribution in [2.75, 3.05) is 0 Å². The molecular formula is C17H18. The molecular weight excluding hydrogens is 204 g/mol. The molecule has 86 valence electrons. The SMILES string of the molecule is C=C(c1cccc(C)c1)c1ccc(C)c(C)c1. The van der Waals surface area contributed by atoms with E-state index >= 15 is 0 Å². The molecule has 2 aromatic rings. The second-order valence-electron chi connectivity index (χ2n) is 4.65. The van der Waals surface area contributed by atoms with Crippen molar-refractivity contribution in [2.45, 2.75) is 20.8 Å². The average Bonchev–Trinajstić information content (AvgIpc) is 2.32. The van der Waals surface area contributed by atoms with Crippen LogP contribution < -0.4 is 0 Å². The summed E-state index contributed by atoms with van der Waals surface area (Å²) in [6.45, 7) is 10.6. The minimum Gasteiger partial charge on any atom is -0.0906 e. The fraction of sp³-hybridized carbons (Fsp3) is 0.176. The lowest BCUT2D eigenvalue weighted by Crippen LogP contribution is -1.89. The van der Waals surface area contributed by atoms with Crippen LogP contribution >= 0.6 is 0 Å². The summed E-state index contributed by atoms with van der Waals surface area (Å²) < 4.78 is 0. The number of hydrogen-bond acceptors (Lipinski definition) is 0. The molecule has 17 heavy (non-hydrogen) atoms. The van der Waals surface area contributed by atoms with Crippen LogP contribution in [0.5, 0.6) is 0 Å². The first-order valence-electron chi connectivity index (χ1n) is 5.91. The molecule has 0 saturated heterocycles. The topological polar surface area (TPSA) is 0 Å². The molecule has 0 heteroatoms. The van der Waals surface area contributed by atoms with Crippen LogP contribution in [0.2, 0.25) is 0 Å². The van der Waals surface area contributed by atoms with Gasteiger partial charge < -0.3 is 0 Å². The zero-order valence-electron chi connectivity index (χ0n) is 10.7. The van der Waals surface area contributed by atoms with Gasteiger partial charge in [-0.2, -0.15) is 0 Å². The van der Waals surface area contributed by atoms with Gasteiger partial charge in [-0.05, 0) is 48.6 Å². The Hall–Kier alpha value is -1.82. The highest BCUT2D eigenvalue weighted by Gasteiger charge is 2.03. The molecule has 0 saturated carbocycles. The van der Waals surface area contributed by atoms with Gasteiger partial charge >= 0.3 is 0 Å². The van der Waals surface area contributed by atoms with Crippen molar-refractivity contribution < 1.29 is 0 Å². The molecule has 0 aliphatic heterocycles. The highest BCUT2D eigenvalue weighted by Crippen LogP contribution is 2.23. The Morgan fingerprint density at radius 2 is 1.53 bits per heavy atom. The summed E-state index contributed by atoms with van der Waals surface area (Å²) in [6, 6.07) is 15.0. The summed E-state index contributed by atoms with van der Waals surface area (Å²) >= 11 is 0. The lowest BCUT2D eigenvalue weighted by atomic mass is 9.96. The maximum atomic E-state index is 4.21. The zero-order chi connectivity index (χ0) is 12.4. The highest BCUT2D eigenvalue weighted by molar-refractivity contribution is 5.78. The van der Waals surface area contributed by atoms with E-state index in [9.17, 15) is 0 Å². The molecule has 0 fully saturated rings. The van der Waals surface area contributed by atoms with Crippen LogP contribution in [0.4, 0.5) is 0 Å². The Morgan fingerprint density at radius 3 is 2.18 bits per heavy atom. The van der Waals surface area contributed by atoms with E-state index in [1.54, 1.807) is 0 Å². The first-order chi connectivity index (χ1) is 8.08. The van der Waals surface area contributed by atoms with Crippen LogP contribution in [0.25, 0.3) is 5.57 Å². The molecule has 2 aromatic carbocycles. The molecule has 0 nitrogen and oxygen atoms in total. The van der Waals surface area contributed by atoms with Gasteiger partial charge in [0.15, 0.2) is 0 Å².